The lowest BCUT2D eigenvalue weighted by atomic mass is 9.84. The highest BCUT2D eigenvalue weighted by molar-refractivity contribution is 5.88. The number of likely N-dealkylation sites (tertiary alicyclic amines) is 2. The Morgan fingerprint density at radius 2 is 1.76 bits per heavy atom. The Hall–Kier alpha value is -2.87. The highest BCUT2D eigenvalue weighted by atomic mass is 16.2. The first-order chi connectivity index (χ1) is 16.4. The monoisotopic (exact) mass is 464 g/mol. The number of carbonyl (C=O) groups is 2. The molecule has 34 heavy (non-hydrogen) atoms. The molecule has 2 amide bonds. The lowest BCUT2D eigenvalue weighted by molar-refractivity contribution is -0.114. The van der Waals surface area contributed by atoms with Gasteiger partial charge in [-0.15, -0.1) is 5.10 Å². The minimum absolute atomic E-state index is 0.120. The predicted molar refractivity (Wildman–Crippen MR) is 133 cm³/mol. The van der Waals surface area contributed by atoms with E-state index in [9.17, 15) is 9.59 Å². The molecule has 4 heterocycles. The molecule has 182 valence electrons. The van der Waals surface area contributed by atoms with Crippen LogP contribution in [-0.4, -0.2) is 69.8 Å². The second-order valence-electron chi connectivity index (χ2n) is 10.2. The molecule has 0 bridgehead atoms. The number of carbonyl (C=O) groups excluding carboxylic acids is 2. The minimum atomic E-state index is -0.194. The van der Waals surface area contributed by atoms with Crippen molar-refractivity contribution >= 4 is 23.4 Å². The van der Waals surface area contributed by atoms with Crippen LogP contribution in [0.1, 0.15) is 56.6 Å². The second kappa shape index (κ2) is 9.41. The van der Waals surface area contributed by atoms with E-state index in [0.29, 0.717) is 5.82 Å². The number of benzene rings is 1. The fraction of sp³-hybridized carbons (Fsp3) is 0.577. The van der Waals surface area contributed by atoms with Gasteiger partial charge in [0.05, 0.1) is 0 Å². The molecule has 0 radical (unpaired) electrons. The zero-order valence-electron chi connectivity index (χ0n) is 20.4. The second-order valence-corrected chi connectivity index (χ2v) is 10.2. The number of amides is 2. The van der Waals surface area contributed by atoms with Crippen LogP contribution in [0.15, 0.2) is 30.5 Å². The van der Waals surface area contributed by atoms with Gasteiger partial charge in [-0.3, -0.25) is 9.69 Å². The molecule has 1 spiro atoms. The number of anilines is 2. The van der Waals surface area contributed by atoms with Crippen LogP contribution in [0.2, 0.25) is 0 Å². The van der Waals surface area contributed by atoms with Crippen molar-refractivity contribution in [2.75, 3.05) is 42.9 Å². The average Bonchev–Trinajstić information content (AvgIpc) is 3.58. The fourth-order valence-electron chi connectivity index (χ4n) is 6.01. The molecule has 1 aromatic heterocycles. The van der Waals surface area contributed by atoms with E-state index < -0.39 is 0 Å². The van der Waals surface area contributed by atoms with Crippen LogP contribution in [0.3, 0.4) is 0 Å². The summed E-state index contributed by atoms with van der Waals surface area (Å²) in [5.41, 5.74) is 4.36. The first-order valence-electron chi connectivity index (χ1n) is 12.7. The van der Waals surface area contributed by atoms with Crippen LogP contribution < -0.4 is 10.2 Å². The van der Waals surface area contributed by atoms with E-state index in [0.717, 1.165) is 52.1 Å². The number of piperidine rings is 1. The number of aryl methyl sites for hydroxylation is 1. The fourth-order valence-corrected chi connectivity index (χ4v) is 6.01. The molecule has 3 fully saturated rings. The van der Waals surface area contributed by atoms with Crippen molar-refractivity contribution in [3.05, 3.63) is 41.6 Å². The van der Waals surface area contributed by atoms with Gasteiger partial charge < -0.3 is 15.1 Å². The Morgan fingerprint density at radius 1 is 1.00 bits per heavy atom. The maximum atomic E-state index is 13.0. The van der Waals surface area contributed by atoms with Gasteiger partial charge in [-0.05, 0) is 69.2 Å². The summed E-state index contributed by atoms with van der Waals surface area (Å²) in [4.78, 5) is 31.4. The third kappa shape index (κ3) is 4.56. The van der Waals surface area contributed by atoms with Crippen LogP contribution in [0.5, 0.6) is 0 Å². The summed E-state index contributed by atoms with van der Waals surface area (Å²) >= 11 is 0. The number of hydrogen-bond donors (Lipinski definition) is 1. The summed E-state index contributed by atoms with van der Waals surface area (Å²) in [6, 6.07) is 8.48. The Morgan fingerprint density at radius 3 is 2.50 bits per heavy atom. The summed E-state index contributed by atoms with van der Waals surface area (Å²) in [5.74, 6) is 0.212. The van der Waals surface area contributed by atoms with Crippen molar-refractivity contribution in [1.82, 2.24) is 19.6 Å². The first kappa shape index (κ1) is 22.9. The lowest BCUT2D eigenvalue weighted by Gasteiger charge is -2.45. The van der Waals surface area contributed by atoms with Gasteiger partial charge in [-0.1, -0.05) is 12.1 Å². The molecule has 8 nitrogen and oxygen atoms in total. The standard InChI is InChI=1S/C26H36N6O2/c1-20-6-7-22(23(18-20)29-12-3-4-13-29)19-31-14-5-9-26(31)10-16-30(17-11-26)25(34)32-15-8-24(28-32)27-21(2)33/h6-8,15,18H,3-5,9-14,16-17,19H2,1-2H3,(H,27,28,33). The maximum Gasteiger partial charge on any atom is 0.344 e. The summed E-state index contributed by atoms with van der Waals surface area (Å²) in [6.07, 6.45) is 8.59. The summed E-state index contributed by atoms with van der Waals surface area (Å²) in [7, 11) is 0. The van der Waals surface area contributed by atoms with Crippen molar-refractivity contribution in [3.8, 4) is 0 Å². The van der Waals surface area contributed by atoms with Crippen molar-refractivity contribution in [1.29, 1.82) is 0 Å². The molecule has 0 saturated carbocycles. The van der Waals surface area contributed by atoms with E-state index in [2.05, 4.69) is 45.3 Å². The quantitative estimate of drug-likeness (QED) is 0.744. The van der Waals surface area contributed by atoms with Crippen molar-refractivity contribution in [2.45, 2.75) is 64.5 Å². The van der Waals surface area contributed by atoms with E-state index >= 15 is 0 Å². The van der Waals surface area contributed by atoms with Gasteiger partial charge in [-0.2, -0.15) is 4.68 Å². The number of aromatic nitrogens is 2. The van der Waals surface area contributed by atoms with E-state index in [-0.39, 0.29) is 17.5 Å². The third-order valence-corrected chi connectivity index (χ3v) is 7.84. The van der Waals surface area contributed by atoms with Gasteiger partial charge in [0, 0.05) is 63.1 Å². The number of nitrogens with zero attached hydrogens (tertiary/aromatic N) is 5. The topological polar surface area (TPSA) is 73.7 Å². The van der Waals surface area contributed by atoms with Crippen LogP contribution in [0.25, 0.3) is 0 Å². The third-order valence-electron chi connectivity index (χ3n) is 7.84. The van der Waals surface area contributed by atoms with E-state index in [1.54, 1.807) is 12.3 Å². The van der Waals surface area contributed by atoms with Crippen LogP contribution in [0.4, 0.5) is 16.3 Å². The maximum absolute atomic E-state index is 13.0. The molecule has 0 unspecified atom stereocenters. The SMILES string of the molecule is CC(=O)Nc1ccn(C(=O)N2CCC3(CCCN3Cc3ccc(C)cc3N3CCCC3)CC2)n1. The predicted octanol–water partition coefficient (Wildman–Crippen LogP) is 3.85. The zero-order chi connectivity index (χ0) is 23.7. The molecule has 5 rings (SSSR count). The summed E-state index contributed by atoms with van der Waals surface area (Å²) < 4.78 is 1.34. The normalized spacial score (nSPS) is 20.3. The largest absolute Gasteiger partial charge is 0.371 e. The lowest BCUT2D eigenvalue weighted by Crippen LogP contribution is -2.53. The molecular weight excluding hydrogens is 428 g/mol. The molecule has 1 aromatic carbocycles. The molecule has 3 saturated heterocycles. The highest BCUT2D eigenvalue weighted by Gasteiger charge is 2.44. The molecular formula is C26H36N6O2. The van der Waals surface area contributed by atoms with Gasteiger partial charge >= 0.3 is 6.03 Å². The average molecular weight is 465 g/mol. The van der Waals surface area contributed by atoms with Crippen LogP contribution >= 0.6 is 0 Å². The van der Waals surface area contributed by atoms with Crippen molar-refractivity contribution in [3.63, 3.8) is 0 Å². The molecule has 3 aliphatic rings. The van der Waals surface area contributed by atoms with Crippen LogP contribution in [-0.2, 0) is 11.3 Å². The minimum Gasteiger partial charge on any atom is -0.371 e. The van der Waals surface area contributed by atoms with Gasteiger partial charge in [0.1, 0.15) is 0 Å². The molecule has 0 aliphatic carbocycles. The van der Waals surface area contributed by atoms with Crippen molar-refractivity contribution in [2.24, 2.45) is 0 Å². The van der Waals surface area contributed by atoms with E-state index in [1.807, 2.05) is 4.90 Å². The smallest absolute Gasteiger partial charge is 0.344 e. The summed E-state index contributed by atoms with van der Waals surface area (Å²) in [5, 5.41) is 6.85. The van der Waals surface area contributed by atoms with Gasteiger partial charge in [0.25, 0.3) is 0 Å². The van der Waals surface area contributed by atoms with Gasteiger partial charge in [-0.25, -0.2) is 4.79 Å². The summed E-state index contributed by atoms with van der Waals surface area (Å²) in [6.45, 7) is 9.52. The Kier molecular flexibility index (Phi) is 6.34. The van der Waals surface area contributed by atoms with Gasteiger partial charge in [0.15, 0.2) is 5.82 Å². The number of hydrogen-bond acceptors (Lipinski definition) is 5. The highest BCUT2D eigenvalue weighted by Crippen LogP contribution is 2.40. The Labute approximate surface area is 201 Å². The molecule has 0 atom stereocenters. The van der Waals surface area contributed by atoms with Gasteiger partial charge in [0.2, 0.25) is 5.91 Å². The zero-order valence-corrected chi connectivity index (χ0v) is 20.4. The molecule has 3 aliphatic heterocycles. The molecule has 2 aromatic rings. The van der Waals surface area contributed by atoms with Crippen molar-refractivity contribution < 1.29 is 9.59 Å². The first-order valence-corrected chi connectivity index (χ1v) is 12.7. The Bertz CT molecular complexity index is 1050. The number of rotatable bonds is 4. The van der Waals surface area contributed by atoms with E-state index in [4.69, 9.17) is 0 Å². The van der Waals surface area contributed by atoms with E-state index in [1.165, 1.54) is 54.1 Å². The molecule has 8 heteroatoms. The molecule has 1 N–H and O–H groups in total. The Balaban J connectivity index is 1.26. The number of nitrogens with one attached hydrogen (secondary N) is 1. The van der Waals surface area contributed by atoms with Crippen LogP contribution in [0, 0.1) is 6.92 Å².